The Balaban J connectivity index is 2.08. The smallest absolute Gasteiger partial charge is 0.264 e. The van der Waals surface area contributed by atoms with E-state index in [1.54, 1.807) is 49.4 Å². The molecular weight excluding hydrogens is 581 g/mol. The predicted octanol–water partition coefficient (Wildman–Crippen LogP) is 6.45. The minimum Gasteiger partial charge on any atom is -0.352 e. The van der Waals surface area contributed by atoms with E-state index in [1.807, 2.05) is 40.7 Å². The van der Waals surface area contributed by atoms with Gasteiger partial charge in [0.2, 0.25) is 11.8 Å². The van der Waals surface area contributed by atoms with Gasteiger partial charge in [-0.15, -0.1) is 0 Å². The number of amides is 2. The van der Waals surface area contributed by atoms with Crippen LogP contribution in [0.25, 0.3) is 0 Å². The number of sulfonamides is 1. The maximum Gasteiger partial charge on any atom is 0.264 e. The lowest BCUT2D eigenvalue weighted by molar-refractivity contribution is -0.139. The average Bonchev–Trinajstić information content (AvgIpc) is 2.93. The van der Waals surface area contributed by atoms with Crippen LogP contribution in [0.3, 0.4) is 0 Å². The summed E-state index contributed by atoms with van der Waals surface area (Å²) in [6, 6.07) is 15.8. The Morgan fingerprint density at radius 1 is 0.927 bits per heavy atom. The molecule has 3 aromatic rings. The van der Waals surface area contributed by atoms with E-state index in [1.165, 1.54) is 17.0 Å². The van der Waals surface area contributed by atoms with Crippen molar-refractivity contribution in [2.24, 2.45) is 0 Å². The van der Waals surface area contributed by atoms with Gasteiger partial charge >= 0.3 is 0 Å². The molecule has 0 aliphatic heterocycles. The summed E-state index contributed by atoms with van der Waals surface area (Å²) < 4.78 is 29.2. The Kier molecular flexibility index (Phi) is 10.9. The molecule has 0 saturated heterocycles. The fourth-order valence-electron chi connectivity index (χ4n) is 4.24. The molecule has 220 valence electrons. The van der Waals surface area contributed by atoms with Crippen LogP contribution in [0.1, 0.15) is 49.4 Å². The molecule has 0 fully saturated rings. The lowest BCUT2D eigenvalue weighted by Gasteiger charge is -2.33. The molecule has 1 N–H and O–H groups in total. The first-order chi connectivity index (χ1) is 19.3. The second-order valence-corrected chi connectivity index (χ2v) is 13.0. The number of hydrogen-bond donors (Lipinski definition) is 1. The summed E-state index contributed by atoms with van der Waals surface area (Å²) in [5.41, 5.74) is 3.57. The summed E-state index contributed by atoms with van der Waals surface area (Å²) in [5, 5.41) is 3.60. The Morgan fingerprint density at radius 2 is 1.59 bits per heavy atom. The van der Waals surface area contributed by atoms with Crippen LogP contribution in [0.15, 0.2) is 65.6 Å². The van der Waals surface area contributed by atoms with Gasteiger partial charge in [0.1, 0.15) is 12.6 Å². The van der Waals surface area contributed by atoms with Crippen LogP contribution in [0.4, 0.5) is 5.69 Å². The molecule has 3 rings (SSSR count). The molecule has 0 spiro atoms. The zero-order chi connectivity index (χ0) is 30.5. The molecule has 0 aliphatic rings. The number of carbonyl (C=O) groups is 2. The SMILES string of the molecule is CC[C@@H](C)NC(=O)[C@@H](C)N(Cc1ccc(Cl)c(Cl)c1)C(=O)CN(c1cccc(C)c1C)S(=O)(=O)c1ccc(C)cc1. The topological polar surface area (TPSA) is 86.8 Å². The molecule has 7 nitrogen and oxygen atoms in total. The highest BCUT2D eigenvalue weighted by molar-refractivity contribution is 7.92. The largest absolute Gasteiger partial charge is 0.352 e. The maximum atomic E-state index is 14.1. The van der Waals surface area contributed by atoms with Gasteiger partial charge in [0.05, 0.1) is 20.6 Å². The van der Waals surface area contributed by atoms with Crippen molar-refractivity contribution in [3.8, 4) is 0 Å². The normalized spacial score (nSPS) is 12.9. The highest BCUT2D eigenvalue weighted by Gasteiger charge is 2.33. The molecule has 41 heavy (non-hydrogen) atoms. The third kappa shape index (κ3) is 7.82. The van der Waals surface area contributed by atoms with Crippen molar-refractivity contribution in [3.63, 3.8) is 0 Å². The van der Waals surface area contributed by atoms with Crippen molar-refractivity contribution in [1.82, 2.24) is 10.2 Å². The van der Waals surface area contributed by atoms with E-state index >= 15 is 0 Å². The van der Waals surface area contributed by atoms with Gasteiger partial charge in [0.25, 0.3) is 10.0 Å². The van der Waals surface area contributed by atoms with Crippen LogP contribution in [-0.2, 0) is 26.2 Å². The van der Waals surface area contributed by atoms with Gasteiger partial charge in [-0.1, -0.05) is 66.0 Å². The van der Waals surface area contributed by atoms with Crippen molar-refractivity contribution in [3.05, 3.63) is 93.0 Å². The van der Waals surface area contributed by atoms with Crippen molar-refractivity contribution < 1.29 is 18.0 Å². The molecule has 3 aromatic carbocycles. The molecule has 10 heteroatoms. The van der Waals surface area contributed by atoms with E-state index in [4.69, 9.17) is 23.2 Å². The Bertz CT molecular complexity index is 1510. The molecule has 0 unspecified atom stereocenters. The number of aryl methyl sites for hydroxylation is 2. The highest BCUT2D eigenvalue weighted by atomic mass is 35.5. The van der Waals surface area contributed by atoms with Gasteiger partial charge in [-0.3, -0.25) is 13.9 Å². The van der Waals surface area contributed by atoms with Gasteiger partial charge in [0, 0.05) is 12.6 Å². The minimum atomic E-state index is -4.15. The number of rotatable bonds is 11. The molecular formula is C31H37Cl2N3O4S. The third-order valence-electron chi connectivity index (χ3n) is 7.24. The zero-order valence-corrected chi connectivity index (χ0v) is 26.6. The second kappa shape index (κ2) is 13.7. The van der Waals surface area contributed by atoms with Crippen LogP contribution >= 0.6 is 23.2 Å². The highest BCUT2D eigenvalue weighted by Crippen LogP contribution is 2.30. The number of anilines is 1. The Morgan fingerprint density at radius 3 is 2.20 bits per heavy atom. The first kappa shape index (κ1) is 32.4. The molecule has 0 saturated carbocycles. The number of nitrogens with zero attached hydrogens (tertiary/aromatic N) is 2. The second-order valence-electron chi connectivity index (χ2n) is 10.3. The van der Waals surface area contributed by atoms with Gasteiger partial charge in [-0.2, -0.15) is 0 Å². The van der Waals surface area contributed by atoms with Crippen LogP contribution in [-0.4, -0.2) is 43.8 Å². The summed E-state index contributed by atoms with van der Waals surface area (Å²) in [6.07, 6.45) is 0.717. The number of benzene rings is 3. The summed E-state index contributed by atoms with van der Waals surface area (Å²) in [4.78, 5) is 28.7. The quantitative estimate of drug-likeness (QED) is 0.268. The number of nitrogens with one attached hydrogen (secondary N) is 1. The first-order valence-electron chi connectivity index (χ1n) is 13.5. The molecule has 0 bridgehead atoms. The number of halogens is 2. The van der Waals surface area contributed by atoms with Gasteiger partial charge < -0.3 is 10.2 Å². The van der Waals surface area contributed by atoms with Crippen LogP contribution in [0.2, 0.25) is 10.0 Å². The number of carbonyl (C=O) groups excluding carboxylic acids is 2. The summed E-state index contributed by atoms with van der Waals surface area (Å²) >= 11 is 12.3. The van der Waals surface area contributed by atoms with Crippen LogP contribution < -0.4 is 9.62 Å². The molecule has 2 atom stereocenters. The fourth-order valence-corrected chi connectivity index (χ4v) is 6.03. The Hall–Kier alpha value is -3.07. The van der Waals surface area contributed by atoms with Gasteiger partial charge in [-0.25, -0.2) is 8.42 Å². The maximum absolute atomic E-state index is 14.1. The average molecular weight is 619 g/mol. The lowest BCUT2D eigenvalue weighted by Crippen LogP contribution is -2.52. The standard InChI is InChI=1S/C31H37Cl2N3O4S/c1-7-22(4)34-31(38)24(6)35(18-25-13-16-27(32)28(33)17-25)30(37)19-36(29-10-8-9-21(3)23(29)5)41(39,40)26-14-11-20(2)12-15-26/h8-17,22,24H,7,18-19H2,1-6H3,(H,34,38)/t22-,24-/m1/s1. The predicted molar refractivity (Wildman–Crippen MR) is 166 cm³/mol. The summed E-state index contributed by atoms with van der Waals surface area (Å²) in [7, 11) is -4.15. The van der Waals surface area contributed by atoms with E-state index in [2.05, 4.69) is 5.32 Å². The van der Waals surface area contributed by atoms with Crippen molar-refractivity contribution in [2.75, 3.05) is 10.8 Å². The lowest BCUT2D eigenvalue weighted by atomic mass is 10.1. The van der Waals surface area contributed by atoms with Gasteiger partial charge in [-0.05, 0) is 88.1 Å². The third-order valence-corrected chi connectivity index (χ3v) is 9.75. The summed E-state index contributed by atoms with van der Waals surface area (Å²) in [6.45, 7) is 10.5. The molecule has 0 heterocycles. The molecule has 2 amide bonds. The van der Waals surface area contributed by atoms with Gasteiger partial charge in [0.15, 0.2) is 0 Å². The number of hydrogen-bond acceptors (Lipinski definition) is 4. The fraction of sp³-hybridized carbons (Fsp3) is 0.355. The molecule has 0 aliphatic carbocycles. The van der Waals surface area contributed by atoms with E-state index in [-0.39, 0.29) is 23.4 Å². The first-order valence-corrected chi connectivity index (χ1v) is 15.6. The van der Waals surface area contributed by atoms with E-state index < -0.39 is 28.5 Å². The van der Waals surface area contributed by atoms with Crippen molar-refractivity contribution in [1.29, 1.82) is 0 Å². The van der Waals surface area contributed by atoms with E-state index in [0.717, 1.165) is 21.0 Å². The van der Waals surface area contributed by atoms with E-state index in [0.29, 0.717) is 27.7 Å². The monoisotopic (exact) mass is 617 g/mol. The zero-order valence-electron chi connectivity index (χ0n) is 24.2. The Labute approximate surface area is 253 Å². The summed E-state index contributed by atoms with van der Waals surface area (Å²) in [5.74, 6) is -0.882. The van der Waals surface area contributed by atoms with Crippen LogP contribution in [0, 0.1) is 20.8 Å². The molecule has 0 aromatic heterocycles. The van der Waals surface area contributed by atoms with E-state index in [9.17, 15) is 18.0 Å². The minimum absolute atomic E-state index is 0.0238. The molecule has 0 radical (unpaired) electrons. The van der Waals surface area contributed by atoms with Crippen molar-refractivity contribution >= 4 is 50.7 Å². The van der Waals surface area contributed by atoms with Crippen LogP contribution in [0.5, 0.6) is 0 Å². The van der Waals surface area contributed by atoms with Crippen molar-refractivity contribution in [2.45, 2.75) is 71.5 Å².